The van der Waals surface area contributed by atoms with Gasteiger partial charge in [0.05, 0.1) is 30.5 Å². The number of nitrogens with one attached hydrogen (secondary N) is 1. The Labute approximate surface area is 180 Å². The van der Waals surface area contributed by atoms with Gasteiger partial charge >= 0.3 is 0 Å². The second kappa shape index (κ2) is 9.85. The smallest absolute Gasteiger partial charge is 0.248 e. The van der Waals surface area contributed by atoms with Crippen molar-refractivity contribution in [2.75, 3.05) is 26.1 Å². The monoisotopic (exact) mass is 435 g/mol. The quantitative estimate of drug-likeness (QED) is 0.659. The minimum Gasteiger partial charge on any atom is -0.493 e. The second-order valence-corrected chi connectivity index (χ2v) is 7.43. The first kappa shape index (κ1) is 21.3. The first-order chi connectivity index (χ1) is 14.0. The van der Waals surface area contributed by atoms with Crippen molar-refractivity contribution in [3.8, 4) is 11.5 Å². The van der Waals surface area contributed by atoms with Gasteiger partial charge in [0.15, 0.2) is 11.5 Å². The van der Waals surface area contributed by atoms with E-state index < -0.39 is 0 Å². The Balaban J connectivity index is 1.75. The molecule has 1 aliphatic heterocycles. The third-order valence-corrected chi connectivity index (χ3v) is 5.42. The Hall–Kier alpha value is -2.44. The number of rotatable bonds is 6. The molecule has 2 aromatic rings. The zero-order chi connectivity index (χ0) is 20.8. The number of halogens is 2. The molecule has 0 bridgehead atoms. The molecule has 1 saturated heterocycles. The summed E-state index contributed by atoms with van der Waals surface area (Å²) in [5.41, 5.74) is 1.27. The first-order valence-electron chi connectivity index (χ1n) is 9.31. The SMILES string of the molecule is COc1ccc(NC(=O)[C@H]2CCCCN2/N=C\c2c(Cl)cccc2Cl)cc1OC. The topological polar surface area (TPSA) is 63.2 Å². The van der Waals surface area contributed by atoms with Gasteiger partial charge in [-0.1, -0.05) is 29.3 Å². The molecule has 1 aliphatic rings. The van der Waals surface area contributed by atoms with Gasteiger partial charge in [-0.05, 0) is 43.5 Å². The number of benzene rings is 2. The first-order valence-corrected chi connectivity index (χ1v) is 10.1. The van der Waals surface area contributed by atoms with Gasteiger partial charge in [0.2, 0.25) is 5.91 Å². The molecule has 0 saturated carbocycles. The van der Waals surface area contributed by atoms with E-state index in [0.717, 1.165) is 12.8 Å². The molecule has 1 atom stereocenters. The van der Waals surface area contributed by atoms with Crippen molar-refractivity contribution in [1.82, 2.24) is 5.01 Å². The molecule has 6 nitrogen and oxygen atoms in total. The Bertz CT molecular complexity index is 884. The third kappa shape index (κ3) is 5.14. The minimum atomic E-state index is -0.380. The van der Waals surface area contributed by atoms with Gasteiger partial charge in [-0.3, -0.25) is 9.80 Å². The fourth-order valence-electron chi connectivity index (χ4n) is 3.23. The van der Waals surface area contributed by atoms with Crippen molar-refractivity contribution in [2.24, 2.45) is 5.10 Å². The summed E-state index contributed by atoms with van der Waals surface area (Å²) in [7, 11) is 3.13. The Kier molecular flexibility index (Phi) is 7.23. The number of carbonyl (C=O) groups excluding carboxylic acids is 1. The van der Waals surface area contributed by atoms with Crippen LogP contribution in [-0.2, 0) is 4.79 Å². The molecule has 0 spiro atoms. The van der Waals surface area contributed by atoms with Gasteiger partial charge in [0.1, 0.15) is 6.04 Å². The number of hydrogen-bond acceptors (Lipinski definition) is 5. The van der Waals surface area contributed by atoms with Crippen LogP contribution in [0.4, 0.5) is 5.69 Å². The average molecular weight is 436 g/mol. The van der Waals surface area contributed by atoms with Crippen LogP contribution in [0.2, 0.25) is 10.0 Å². The molecule has 1 N–H and O–H groups in total. The lowest BCUT2D eigenvalue weighted by Crippen LogP contribution is -2.44. The van der Waals surface area contributed by atoms with Crippen LogP contribution in [0.3, 0.4) is 0 Å². The maximum Gasteiger partial charge on any atom is 0.248 e. The van der Waals surface area contributed by atoms with Crippen LogP contribution in [0.15, 0.2) is 41.5 Å². The normalized spacial score (nSPS) is 16.7. The average Bonchev–Trinajstić information content (AvgIpc) is 2.73. The van der Waals surface area contributed by atoms with Crippen molar-refractivity contribution < 1.29 is 14.3 Å². The van der Waals surface area contributed by atoms with Crippen molar-refractivity contribution in [1.29, 1.82) is 0 Å². The summed E-state index contributed by atoms with van der Waals surface area (Å²) in [4.78, 5) is 12.9. The molecule has 2 aromatic carbocycles. The number of methoxy groups -OCH3 is 2. The standard InChI is InChI=1S/C21H23Cl2N3O3/c1-28-19-10-9-14(12-20(19)29-2)25-21(27)18-8-3-4-11-26(18)24-13-15-16(22)6-5-7-17(15)23/h5-7,9-10,12-13,18H,3-4,8,11H2,1-2H3,(H,25,27)/b24-13-/t18-/m1/s1. The number of hydrogen-bond donors (Lipinski definition) is 1. The van der Waals surface area contributed by atoms with E-state index in [4.69, 9.17) is 32.7 Å². The summed E-state index contributed by atoms with van der Waals surface area (Å²) in [5, 5.41) is 10.3. The maximum absolute atomic E-state index is 12.9. The molecule has 1 amide bonds. The largest absolute Gasteiger partial charge is 0.493 e. The number of piperidine rings is 1. The van der Waals surface area contributed by atoms with E-state index in [1.807, 2.05) is 0 Å². The van der Waals surface area contributed by atoms with Gasteiger partial charge in [0.25, 0.3) is 0 Å². The number of hydrazone groups is 1. The van der Waals surface area contributed by atoms with Crippen LogP contribution < -0.4 is 14.8 Å². The number of carbonyl (C=O) groups is 1. The van der Waals surface area contributed by atoms with Crippen LogP contribution in [-0.4, -0.2) is 43.9 Å². The van der Waals surface area contributed by atoms with Gasteiger partial charge < -0.3 is 14.8 Å². The zero-order valence-electron chi connectivity index (χ0n) is 16.3. The summed E-state index contributed by atoms with van der Waals surface area (Å²) in [5.74, 6) is 1.03. The highest BCUT2D eigenvalue weighted by molar-refractivity contribution is 6.38. The summed E-state index contributed by atoms with van der Waals surface area (Å²) in [6.45, 7) is 0.683. The van der Waals surface area contributed by atoms with Gasteiger partial charge in [-0.15, -0.1) is 0 Å². The molecule has 29 heavy (non-hydrogen) atoms. The molecule has 1 heterocycles. The fraction of sp³-hybridized carbons (Fsp3) is 0.333. The van der Waals surface area contributed by atoms with Gasteiger partial charge in [-0.2, -0.15) is 5.10 Å². The van der Waals surface area contributed by atoms with Crippen LogP contribution in [0.1, 0.15) is 24.8 Å². The van der Waals surface area contributed by atoms with Crippen molar-refractivity contribution in [2.45, 2.75) is 25.3 Å². The number of nitrogens with zero attached hydrogens (tertiary/aromatic N) is 2. The predicted octanol–water partition coefficient (Wildman–Crippen LogP) is 4.84. The van der Waals surface area contributed by atoms with Crippen LogP contribution >= 0.6 is 23.2 Å². The molecule has 154 valence electrons. The molecule has 0 radical (unpaired) electrons. The van der Waals surface area contributed by atoms with Gasteiger partial charge in [-0.25, -0.2) is 0 Å². The Morgan fingerprint density at radius 1 is 1.14 bits per heavy atom. The number of ether oxygens (including phenoxy) is 2. The summed E-state index contributed by atoms with van der Waals surface area (Å²) in [6.07, 6.45) is 4.26. The molecule has 0 aliphatic carbocycles. The number of anilines is 1. The zero-order valence-corrected chi connectivity index (χ0v) is 17.8. The van der Waals surface area contributed by atoms with E-state index in [1.54, 1.807) is 61.8 Å². The van der Waals surface area contributed by atoms with Crippen molar-refractivity contribution in [3.05, 3.63) is 52.0 Å². The van der Waals surface area contributed by atoms with E-state index >= 15 is 0 Å². The summed E-state index contributed by atoms with van der Waals surface area (Å²) in [6, 6.07) is 10.2. The maximum atomic E-state index is 12.9. The third-order valence-electron chi connectivity index (χ3n) is 4.76. The lowest BCUT2D eigenvalue weighted by molar-refractivity contribution is -0.122. The molecular weight excluding hydrogens is 413 g/mol. The Morgan fingerprint density at radius 2 is 1.86 bits per heavy atom. The van der Waals surface area contributed by atoms with E-state index in [9.17, 15) is 4.79 Å². The summed E-state index contributed by atoms with van der Waals surface area (Å²) < 4.78 is 10.5. The van der Waals surface area contributed by atoms with Crippen molar-refractivity contribution in [3.63, 3.8) is 0 Å². The molecule has 0 aromatic heterocycles. The van der Waals surface area contributed by atoms with Crippen LogP contribution in [0.25, 0.3) is 0 Å². The minimum absolute atomic E-state index is 0.126. The molecule has 1 fully saturated rings. The second-order valence-electron chi connectivity index (χ2n) is 6.61. The highest BCUT2D eigenvalue weighted by Gasteiger charge is 2.28. The van der Waals surface area contributed by atoms with E-state index in [1.165, 1.54) is 0 Å². The van der Waals surface area contributed by atoms with E-state index in [0.29, 0.717) is 45.8 Å². The van der Waals surface area contributed by atoms with Gasteiger partial charge in [0, 0.05) is 23.9 Å². The summed E-state index contributed by atoms with van der Waals surface area (Å²) >= 11 is 12.4. The molecule has 3 rings (SSSR count). The molecule has 8 heteroatoms. The lowest BCUT2D eigenvalue weighted by atomic mass is 10.0. The van der Waals surface area contributed by atoms with Crippen molar-refractivity contribution >= 4 is 41.0 Å². The molecule has 0 unspecified atom stereocenters. The number of amides is 1. The fourth-order valence-corrected chi connectivity index (χ4v) is 3.72. The highest BCUT2D eigenvalue weighted by Crippen LogP contribution is 2.30. The highest BCUT2D eigenvalue weighted by atomic mass is 35.5. The predicted molar refractivity (Wildman–Crippen MR) is 117 cm³/mol. The lowest BCUT2D eigenvalue weighted by Gasteiger charge is -2.32. The van der Waals surface area contributed by atoms with Crippen LogP contribution in [0, 0.1) is 0 Å². The van der Waals surface area contributed by atoms with E-state index in [2.05, 4.69) is 10.4 Å². The Morgan fingerprint density at radius 3 is 2.55 bits per heavy atom. The van der Waals surface area contributed by atoms with E-state index in [-0.39, 0.29) is 11.9 Å². The molecular formula is C21H23Cl2N3O3. The van der Waals surface area contributed by atoms with Crippen LogP contribution in [0.5, 0.6) is 11.5 Å².